The van der Waals surface area contributed by atoms with Gasteiger partial charge in [-0.15, -0.1) is 11.3 Å². The molecule has 3 rings (SSSR count). The largest absolute Gasteiger partial charge is 0.350 e. The van der Waals surface area contributed by atoms with Gasteiger partial charge in [0.15, 0.2) is 0 Å². The summed E-state index contributed by atoms with van der Waals surface area (Å²) in [4.78, 5) is 31.5. The molecule has 1 aliphatic rings. The smallest absolute Gasteiger partial charge is 0.243 e. The Bertz CT molecular complexity index is 754. The molecule has 6 heteroatoms. The lowest BCUT2D eigenvalue weighted by atomic mass is 10.1. The van der Waals surface area contributed by atoms with Crippen LogP contribution in [0.25, 0.3) is 10.4 Å². The Hall–Kier alpha value is -2.21. The van der Waals surface area contributed by atoms with Crippen molar-refractivity contribution in [2.75, 3.05) is 6.54 Å². The molecule has 1 N–H and O–H groups in total. The number of hydrogen-bond donors (Lipinski definition) is 1. The van der Waals surface area contributed by atoms with Gasteiger partial charge in [-0.2, -0.15) is 0 Å². The van der Waals surface area contributed by atoms with Gasteiger partial charge in [0.1, 0.15) is 6.04 Å². The van der Waals surface area contributed by atoms with E-state index in [2.05, 4.69) is 22.4 Å². The highest BCUT2D eigenvalue weighted by molar-refractivity contribution is 7.13. The van der Waals surface area contributed by atoms with Gasteiger partial charge in [-0.1, -0.05) is 31.2 Å². The molecule has 0 spiro atoms. The first-order chi connectivity index (χ1) is 12.1. The second-order valence-corrected chi connectivity index (χ2v) is 7.14. The Morgan fingerprint density at radius 2 is 2.08 bits per heavy atom. The minimum atomic E-state index is -0.313. The maximum atomic E-state index is 12.4. The number of rotatable bonds is 5. The number of carbonyl (C=O) groups excluding carboxylic acids is 2. The summed E-state index contributed by atoms with van der Waals surface area (Å²) in [6, 6.07) is 7.86. The van der Waals surface area contributed by atoms with Gasteiger partial charge >= 0.3 is 0 Å². The lowest BCUT2D eigenvalue weighted by Gasteiger charge is -2.23. The van der Waals surface area contributed by atoms with Crippen LogP contribution in [0.4, 0.5) is 0 Å². The molecule has 1 aromatic heterocycles. The Labute approximate surface area is 152 Å². The van der Waals surface area contributed by atoms with Crippen molar-refractivity contribution in [1.82, 2.24) is 15.2 Å². The Morgan fingerprint density at radius 1 is 1.32 bits per heavy atom. The highest BCUT2D eigenvalue weighted by atomic mass is 32.1. The van der Waals surface area contributed by atoms with E-state index in [0.29, 0.717) is 19.5 Å². The van der Waals surface area contributed by atoms with E-state index in [-0.39, 0.29) is 17.9 Å². The van der Waals surface area contributed by atoms with Gasteiger partial charge < -0.3 is 10.2 Å². The monoisotopic (exact) mass is 357 g/mol. The molecule has 0 aliphatic carbocycles. The molecular formula is C19H23N3O2S. The molecule has 132 valence electrons. The van der Waals surface area contributed by atoms with E-state index in [0.717, 1.165) is 29.7 Å². The van der Waals surface area contributed by atoms with Crippen LogP contribution < -0.4 is 5.32 Å². The molecule has 1 fully saturated rings. The molecule has 1 atom stereocenters. The molecule has 0 radical (unpaired) electrons. The maximum Gasteiger partial charge on any atom is 0.243 e. The Morgan fingerprint density at radius 3 is 2.72 bits per heavy atom. The summed E-state index contributed by atoms with van der Waals surface area (Å²) in [6.07, 6.45) is 2.09. The van der Waals surface area contributed by atoms with Crippen molar-refractivity contribution in [3.63, 3.8) is 0 Å². The van der Waals surface area contributed by atoms with E-state index >= 15 is 0 Å². The standard InChI is InChI=1S/C19H23N3O2S/c1-3-17(23)22-10-4-5-16(22)19(24)20-11-14-6-8-15(9-7-14)18-13(2)21-12-25-18/h6-9,12,16H,3-5,10-11H2,1-2H3,(H,20,24). The fourth-order valence-corrected chi connectivity index (χ4v) is 4.01. The molecular weight excluding hydrogens is 334 g/mol. The van der Waals surface area contributed by atoms with Gasteiger partial charge in [-0.25, -0.2) is 4.98 Å². The first-order valence-corrected chi connectivity index (χ1v) is 9.54. The quantitative estimate of drug-likeness (QED) is 0.894. The molecule has 1 aliphatic heterocycles. The number of nitrogens with zero attached hydrogens (tertiary/aromatic N) is 2. The molecule has 2 aromatic rings. The molecule has 1 saturated heterocycles. The summed E-state index contributed by atoms with van der Waals surface area (Å²) in [5.74, 6) is 0.00334. The Balaban J connectivity index is 1.59. The molecule has 1 aromatic carbocycles. The van der Waals surface area contributed by atoms with Crippen LogP contribution in [0.3, 0.4) is 0 Å². The van der Waals surface area contributed by atoms with Crippen LogP contribution in [0, 0.1) is 6.92 Å². The van der Waals surface area contributed by atoms with Crippen molar-refractivity contribution in [3.05, 3.63) is 41.0 Å². The zero-order valence-corrected chi connectivity index (χ0v) is 15.4. The third kappa shape index (κ3) is 3.90. The van der Waals surface area contributed by atoms with Gasteiger partial charge in [0.2, 0.25) is 11.8 Å². The highest BCUT2D eigenvalue weighted by Crippen LogP contribution is 2.27. The van der Waals surface area contributed by atoms with Crippen LogP contribution in [0.2, 0.25) is 0 Å². The normalized spacial score (nSPS) is 16.9. The first kappa shape index (κ1) is 17.6. The van der Waals surface area contributed by atoms with Crippen molar-refractivity contribution in [1.29, 1.82) is 0 Å². The number of hydrogen-bond acceptors (Lipinski definition) is 4. The molecule has 0 saturated carbocycles. The predicted molar refractivity (Wildman–Crippen MR) is 99.2 cm³/mol. The van der Waals surface area contributed by atoms with Crippen LogP contribution in [0.5, 0.6) is 0 Å². The topological polar surface area (TPSA) is 62.3 Å². The molecule has 25 heavy (non-hydrogen) atoms. The third-order valence-corrected chi connectivity index (χ3v) is 5.58. The lowest BCUT2D eigenvalue weighted by molar-refractivity contribution is -0.138. The van der Waals surface area contributed by atoms with Crippen LogP contribution >= 0.6 is 11.3 Å². The Kier molecular flexibility index (Phi) is 5.48. The number of amides is 2. The second kappa shape index (κ2) is 7.78. The number of likely N-dealkylation sites (tertiary alicyclic amines) is 1. The van der Waals surface area contributed by atoms with E-state index in [1.807, 2.05) is 31.5 Å². The summed E-state index contributed by atoms with van der Waals surface area (Å²) >= 11 is 1.63. The van der Waals surface area contributed by atoms with Crippen LogP contribution in [-0.4, -0.2) is 34.3 Å². The molecule has 5 nitrogen and oxygen atoms in total. The van der Waals surface area contributed by atoms with E-state index in [1.54, 1.807) is 16.2 Å². The number of aryl methyl sites for hydroxylation is 1. The summed E-state index contributed by atoms with van der Waals surface area (Å²) < 4.78 is 0. The van der Waals surface area contributed by atoms with Gasteiger partial charge in [0.05, 0.1) is 16.1 Å². The minimum absolute atomic E-state index is 0.0540. The molecule has 2 amide bonds. The number of carbonyl (C=O) groups is 2. The fraction of sp³-hybridized carbons (Fsp3) is 0.421. The average Bonchev–Trinajstić information content (AvgIpc) is 3.28. The summed E-state index contributed by atoms with van der Waals surface area (Å²) in [5, 5.41) is 2.97. The summed E-state index contributed by atoms with van der Waals surface area (Å²) in [5.41, 5.74) is 5.08. The SMILES string of the molecule is CCC(=O)N1CCCC1C(=O)NCc1ccc(-c2scnc2C)cc1. The van der Waals surface area contributed by atoms with Gasteiger partial charge in [0.25, 0.3) is 0 Å². The van der Waals surface area contributed by atoms with E-state index in [1.165, 1.54) is 4.88 Å². The van der Waals surface area contributed by atoms with Crippen molar-refractivity contribution < 1.29 is 9.59 Å². The van der Waals surface area contributed by atoms with Crippen molar-refractivity contribution in [3.8, 4) is 10.4 Å². The minimum Gasteiger partial charge on any atom is -0.350 e. The molecule has 1 unspecified atom stereocenters. The number of aromatic nitrogens is 1. The zero-order chi connectivity index (χ0) is 17.8. The van der Waals surface area contributed by atoms with Crippen molar-refractivity contribution in [2.24, 2.45) is 0 Å². The zero-order valence-electron chi connectivity index (χ0n) is 14.6. The van der Waals surface area contributed by atoms with Gasteiger partial charge in [-0.05, 0) is 30.9 Å². The van der Waals surface area contributed by atoms with E-state index in [4.69, 9.17) is 0 Å². The lowest BCUT2D eigenvalue weighted by Crippen LogP contribution is -2.45. The summed E-state index contributed by atoms with van der Waals surface area (Å²) in [6.45, 7) is 5.01. The predicted octanol–water partition coefficient (Wildman–Crippen LogP) is 3.14. The first-order valence-electron chi connectivity index (χ1n) is 8.66. The average molecular weight is 357 g/mol. The number of thiazole rings is 1. The second-order valence-electron chi connectivity index (χ2n) is 6.28. The van der Waals surface area contributed by atoms with Crippen LogP contribution in [0.15, 0.2) is 29.8 Å². The fourth-order valence-electron chi connectivity index (χ4n) is 3.20. The third-order valence-electron chi connectivity index (χ3n) is 4.61. The maximum absolute atomic E-state index is 12.4. The van der Waals surface area contributed by atoms with E-state index < -0.39 is 0 Å². The van der Waals surface area contributed by atoms with Crippen LogP contribution in [0.1, 0.15) is 37.4 Å². The van der Waals surface area contributed by atoms with Gasteiger partial charge in [0, 0.05) is 19.5 Å². The van der Waals surface area contributed by atoms with Crippen molar-refractivity contribution >= 4 is 23.2 Å². The number of nitrogens with one attached hydrogen (secondary N) is 1. The summed E-state index contributed by atoms with van der Waals surface area (Å²) in [7, 11) is 0. The molecule has 0 bridgehead atoms. The van der Waals surface area contributed by atoms with E-state index in [9.17, 15) is 9.59 Å². The van der Waals surface area contributed by atoms with Gasteiger partial charge in [-0.3, -0.25) is 9.59 Å². The molecule has 2 heterocycles. The number of benzene rings is 1. The van der Waals surface area contributed by atoms with Crippen LogP contribution in [-0.2, 0) is 16.1 Å². The highest BCUT2D eigenvalue weighted by Gasteiger charge is 2.32. The van der Waals surface area contributed by atoms with Crippen molar-refractivity contribution in [2.45, 2.75) is 45.7 Å².